The van der Waals surface area contributed by atoms with E-state index < -0.39 is 0 Å². The van der Waals surface area contributed by atoms with E-state index in [1.807, 2.05) is 18.2 Å². The molecule has 4 nitrogen and oxygen atoms in total. The van der Waals surface area contributed by atoms with Crippen LogP contribution in [0.5, 0.6) is 0 Å². The van der Waals surface area contributed by atoms with Crippen LogP contribution in [-0.4, -0.2) is 20.9 Å². The van der Waals surface area contributed by atoms with Crippen molar-refractivity contribution < 1.29 is 0 Å². The molecule has 6 heteroatoms. The largest absolute Gasteiger partial charge is 0.330 e. The Balaban J connectivity index is 2.00. The molecule has 108 valence electrons. The minimum Gasteiger partial charge on any atom is -0.330 e. The molecule has 0 amide bonds. The van der Waals surface area contributed by atoms with Gasteiger partial charge in [-0.3, -0.25) is 0 Å². The van der Waals surface area contributed by atoms with Crippen molar-refractivity contribution in [2.75, 3.05) is 6.54 Å². The van der Waals surface area contributed by atoms with Crippen LogP contribution in [0.2, 0.25) is 0 Å². The lowest BCUT2D eigenvalue weighted by Gasteiger charge is -2.08. The van der Waals surface area contributed by atoms with Crippen molar-refractivity contribution in [2.45, 2.75) is 29.1 Å². The second kappa shape index (κ2) is 6.51. The topological polar surface area (TPSA) is 64.7 Å². The number of aryl methyl sites for hydroxylation is 1. The summed E-state index contributed by atoms with van der Waals surface area (Å²) in [6.07, 6.45) is 1.68. The molecule has 2 N–H and O–H groups in total. The number of benzene rings is 1. The summed E-state index contributed by atoms with van der Waals surface area (Å²) in [5, 5.41) is 2.13. The van der Waals surface area contributed by atoms with Crippen molar-refractivity contribution in [1.82, 2.24) is 14.3 Å². The maximum absolute atomic E-state index is 5.73. The Bertz CT molecular complexity index is 754. The summed E-state index contributed by atoms with van der Waals surface area (Å²) in [4.78, 5) is 9.27. The highest BCUT2D eigenvalue weighted by molar-refractivity contribution is 8.00. The van der Waals surface area contributed by atoms with E-state index in [-0.39, 0.29) is 0 Å². The van der Waals surface area contributed by atoms with Crippen molar-refractivity contribution in [2.24, 2.45) is 5.73 Å². The molecule has 2 heterocycles. The molecule has 0 radical (unpaired) electrons. The standard InChI is InChI=1S/C15H16N4S2/c1-2-13-18-15(21-19-13)20-14-11(7-8-16)9-10-5-3-4-6-12(10)17-14/h3-6,9H,2,7-8,16H2,1H3. The first-order valence-electron chi connectivity index (χ1n) is 6.89. The quantitative estimate of drug-likeness (QED) is 0.782. The van der Waals surface area contributed by atoms with Crippen molar-refractivity contribution >= 4 is 34.2 Å². The van der Waals surface area contributed by atoms with Gasteiger partial charge in [-0.05, 0) is 54.0 Å². The van der Waals surface area contributed by atoms with Crippen molar-refractivity contribution in [3.63, 3.8) is 0 Å². The van der Waals surface area contributed by atoms with Gasteiger partial charge in [0.25, 0.3) is 0 Å². The zero-order valence-electron chi connectivity index (χ0n) is 11.7. The number of aromatic nitrogens is 3. The van der Waals surface area contributed by atoms with E-state index in [0.717, 1.165) is 38.9 Å². The lowest BCUT2D eigenvalue weighted by molar-refractivity contribution is 0.920. The van der Waals surface area contributed by atoms with Gasteiger partial charge in [-0.2, -0.15) is 4.37 Å². The zero-order chi connectivity index (χ0) is 14.7. The highest BCUT2D eigenvalue weighted by Crippen LogP contribution is 2.32. The van der Waals surface area contributed by atoms with Crippen LogP contribution in [0.25, 0.3) is 10.9 Å². The predicted octanol–water partition coefficient (Wildman–Crippen LogP) is 3.30. The van der Waals surface area contributed by atoms with Gasteiger partial charge in [-0.25, -0.2) is 9.97 Å². The van der Waals surface area contributed by atoms with E-state index in [1.165, 1.54) is 17.1 Å². The first-order chi connectivity index (χ1) is 10.3. The minimum absolute atomic E-state index is 0.615. The molecular weight excluding hydrogens is 300 g/mol. The van der Waals surface area contributed by atoms with Gasteiger partial charge in [0.1, 0.15) is 10.9 Å². The minimum atomic E-state index is 0.615. The van der Waals surface area contributed by atoms with E-state index in [4.69, 9.17) is 10.7 Å². The first kappa shape index (κ1) is 14.4. The number of nitrogens with zero attached hydrogens (tertiary/aromatic N) is 3. The Morgan fingerprint density at radius 3 is 2.86 bits per heavy atom. The highest BCUT2D eigenvalue weighted by Gasteiger charge is 2.11. The number of hydrogen-bond donors (Lipinski definition) is 1. The van der Waals surface area contributed by atoms with Crippen LogP contribution < -0.4 is 5.73 Å². The second-order valence-electron chi connectivity index (χ2n) is 4.62. The van der Waals surface area contributed by atoms with Crippen molar-refractivity contribution in [3.05, 3.63) is 41.7 Å². The third kappa shape index (κ3) is 3.23. The van der Waals surface area contributed by atoms with Crippen LogP contribution >= 0.6 is 23.3 Å². The maximum atomic E-state index is 5.73. The van der Waals surface area contributed by atoms with Gasteiger partial charge in [0, 0.05) is 11.8 Å². The predicted molar refractivity (Wildman–Crippen MR) is 87.9 cm³/mol. The number of para-hydroxylation sites is 1. The molecule has 0 atom stereocenters. The molecule has 1 aromatic carbocycles. The molecule has 3 aromatic rings. The van der Waals surface area contributed by atoms with Gasteiger partial charge >= 0.3 is 0 Å². The molecule has 0 spiro atoms. The average molecular weight is 316 g/mol. The maximum Gasteiger partial charge on any atom is 0.176 e. The lowest BCUT2D eigenvalue weighted by Crippen LogP contribution is -2.04. The summed E-state index contributed by atoms with van der Waals surface area (Å²) in [6, 6.07) is 10.3. The third-order valence-electron chi connectivity index (χ3n) is 3.13. The van der Waals surface area contributed by atoms with Crippen LogP contribution in [0.3, 0.4) is 0 Å². The number of rotatable bonds is 5. The SMILES string of the molecule is CCc1nsc(Sc2nc3ccccc3cc2CCN)n1. The first-order valence-corrected chi connectivity index (χ1v) is 8.48. The van der Waals surface area contributed by atoms with Crippen LogP contribution in [0, 0.1) is 0 Å². The molecule has 0 saturated carbocycles. The summed E-state index contributed by atoms with van der Waals surface area (Å²) >= 11 is 3.02. The van der Waals surface area contributed by atoms with Crippen LogP contribution in [-0.2, 0) is 12.8 Å². The van der Waals surface area contributed by atoms with E-state index in [0.29, 0.717) is 6.54 Å². The fourth-order valence-electron chi connectivity index (χ4n) is 2.07. The van der Waals surface area contributed by atoms with Gasteiger partial charge < -0.3 is 5.73 Å². The number of nitrogens with two attached hydrogens (primary N) is 1. The average Bonchev–Trinajstić information content (AvgIpc) is 2.96. The molecule has 0 aliphatic heterocycles. The normalized spacial score (nSPS) is 11.1. The van der Waals surface area contributed by atoms with Crippen LogP contribution in [0.4, 0.5) is 0 Å². The Hall–Kier alpha value is -1.50. The fourth-order valence-corrected chi connectivity index (χ4v) is 3.82. The molecule has 2 aromatic heterocycles. The smallest absolute Gasteiger partial charge is 0.176 e. The van der Waals surface area contributed by atoms with Gasteiger partial charge in [0.05, 0.1) is 5.52 Å². The second-order valence-corrected chi connectivity index (χ2v) is 6.60. The lowest BCUT2D eigenvalue weighted by atomic mass is 10.1. The van der Waals surface area contributed by atoms with Gasteiger partial charge in [-0.15, -0.1) is 0 Å². The van der Waals surface area contributed by atoms with Gasteiger partial charge in [0.15, 0.2) is 4.34 Å². The Morgan fingerprint density at radius 1 is 1.24 bits per heavy atom. The molecule has 21 heavy (non-hydrogen) atoms. The number of fused-ring (bicyclic) bond motifs is 1. The zero-order valence-corrected chi connectivity index (χ0v) is 13.4. The molecule has 3 rings (SSSR count). The number of pyridine rings is 1. The van der Waals surface area contributed by atoms with Gasteiger partial charge in [-0.1, -0.05) is 25.1 Å². The van der Waals surface area contributed by atoms with E-state index in [9.17, 15) is 0 Å². The molecule has 0 saturated heterocycles. The summed E-state index contributed by atoms with van der Waals surface area (Å²) in [5.74, 6) is 0.892. The van der Waals surface area contributed by atoms with E-state index in [2.05, 4.69) is 28.4 Å². The molecule has 0 aliphatic carbocycles. The highest BCUT2D eigenvalue weighted by atomic mass is 32.2. The molecule has 0 fully saturated rings. The van der Waals surface area contributed by atoms with Crippen LogP contribution in [0.1, 0.15) is 18.3 Å². The molecule has 0 unspecified atom stereocenters. The summed E-state index contributed by atoms with van der Waals surface area (Å²) in [7, 11) is 0. The summed E-state index contributed by atoms with van der Waals surface area (Å²) in [5.41, 5.74) is 7.91. The Labute approximate surface area is 132 Å². The Kier molecular flexibility index (Phi) is 4.48. The Morgan fingerprint density at radius 2 is 2.10 bits per heavy atom. The third-order valence-corrected chi connectivity index (χ3v) is 4.96. The number of hydrogen-bond acceptors (Lipinski definition) is 6. The van der Waals surface area contributed by atoms with E-state index in [1.54, 1.807) is 11.8 Å². The molecular formula is C15H16N4S2. The van der Waals surface area contributed by atoms with Crippen LogP contribution in [0.15, 0.2) is 39.7 Å². The van der Waals surface area contributed by atoms with Crippen molar-refractivity contribution in [3.8, 4) is 0 Å². The fraction of sp³-hybridized carbons (Fsp3) is 0.267. The summed E-state index contributed by atoms with van der Waals surface area (Å²) < 4.78 is 5.26. The monoisotopic (exact) mass is 316 g/mol. The summed E-state index contributed by atoms with van der Waals surface area (Å²) in [6.45, 7) is 2.68. The van der Waals surface area contributed by atoms with E-state index >= 15 is 0 Å². The van der Waals surface area contributed by atoms with Crippen molar-refractivity contribution in [1.29, 1.82) is 0 Å². The molecule has 0 aliphatic rings. The van der Waals surface area contributed by atoms with Gasteiger partial charge in [0.2, 0.25) is 0 Å². The molecule has 0 bridgehead atoms.